The molecule has 0 radical (unpaired) electrons. The third-order valence-corrected chi connectivity index (χ3v) is 8.30. The van der Waals surface area contributed by atoms with Crippen molar-refractivity contribution < 1.29 is 9.31 Å². The molecule has 0 bridgehead atoms. The van der Waals surface area contributed by atoms with Gasteiger partial charge >= 0.3 is 7.12 Å². The summed E-state index contributed by atoms with van der Waals surface area (Å²) in [6.45, 7) is 13.2. The zero-order chi connectivity index (χ0) is 23.9. The Morgan fingerprint density at radius 3 is 2.03 bits per heavy atom. The topological polar surface area (TPSA) is 18.5 Å². The lowest BCUT2D eigenvalue weighted by molar-refractivity contribution is 0.00578. The highest BCUT2D eigenvalue weighted by molar-refractivity contribution is 6.64. The van der Waals surface area contributed by atoms with Gasteiger partial charge in [0.25, 0.3) is 0 Å². The van der Waals surface area contributed by atoms with Gasteiger partial charge in [-0.05, 0) is 83.4 Å². The number of fused-ring (bicyclic) bond motifs is 5. The highest BCUT2D eigenvalue weighted by atomic mass is 16.7. The average Bonchev–Trinajstić information content (AvgIpc) is 3.19. The largest absolute Gasteiger partial charge is 0.495 e. The third kappa shape index (κ3) is 2.97. The molecule has 1 fully saturated rings. The first-order valence-corrected chi connectivity index (χ1v) is 12.2. The molecule has 0 spiro atoms. The van der Waals surface area contributed by atoms with Gasteiger partial charge in [0, 0.05) is 5.41 Å². The molecular weight excluding hydrogens is 415 g/mol. The molecular formula is C31H31BO2. The van der Waals surface area contributed by atoms with Gasteiger partial charge in [0.2, 0.25) is 0 Å². The summed E-state index contributed by atoms with van der Waals surface area (Å²) in [5, 5.41) is 2.59. The molecule has 3 heteroatoms. The van der Waals surface area contributed by atoms with Crippen molar-refractivity contribution in [1.82, 2.24) is 0 Å². The summed E-state index contributed by atoms with van der Waals surface area (Å²) in [7, 11) is -0.381. The molecule has 1 aliphatic carbocycles. The minimum Gasteiger partial charge on any atom is -0.399 e. The quantitative estimate of drug-likeness (QED) is 0.306. The zero-order valence-electron chi connectivity index (χ0n) is 20.9. The van der Waals surface area contributed by atoms with Crippen molar-refractivity contribution in [2.45, 2.75) is 58.2 Å². The van der Waals surface area contributed by atoms with Crippen LogP contribution in [0.1, 0.15) is 52.7 Å². The van der Waals surface area contributed by atoms with Gasteiger partial charge in [-0.25, -0.2) is 0 Å². The van der Waals surface area contributed by atoms with Gasteiger partial charge in [-0.3, -0.25) is 0 Å². The van der Waals surface area contributed by atoms with Crippen LogP contribution in [0.5, 0.6) is 0 Å². The van der Waals surface area contributed by atoms with E-state index in [2.05, 4.69) is 120 Å². The second-order valence-corrected chi connectivity index (χ2v) is 11.3. The van der Waals surface area contributed by atoms with E-state index in [9.17, 15) is 0 Å². The van der Waals surface area contributed by atoms with Gasteiger partial charge in [-0.15, -0.1) is 0 Å². The lowest BCUT2D eigenvalue weighted by Gasteiger charge is -2.32. The van der Waals surface area contributed by atoms with E-state index in [1.807, 2.05) is 0 Å². The maximum atomic E-state index is 6.50. The van der Waals surface area contributed by atoms with Crippen LogP contribution >= 0.6 is 0 Å². The van der Waals surface area contributed by atoms with Crippen LogP contribution in [-0.4, -0.2) is 18.3 Å². The van der Waals surface area contributed by atoms with Crippen molar-refractivity contribution >= 4 is 23.4 Å². The van der Waals surface area contributed by atoms with Crippen molar-refractivity contribution in [3.8, 4) is 22.3 Å². The van der Waals surface area contributed by atoms with Gasteiger partial charge in [0.15, 0.2) is 0 Å². The fraction of sp³-hybridized carbons (Fsp3) is 0.290. The molecule has 2 nitrogen and oxygen atoms in total. The third-order valence-electron chi connectivity index (χ3n) is 8.30. The Bertz CT molecular complexity index is 1420. The monoisotopic (exact) mass is 446 g/mol. The minimum absolute atomic E-state index is 0.126. The molecule has 0 N–H and O–H groups in total. The van der Waals surface area contributed by atoms with Crippen molar-refractivity contribution in [2.24, 2.45) is 0 Å². The molecule has 0 amide bonds. The number of benzene rings is 4. The molecule has 0 saturated carbocycles. The van der Waals surface area contributed by atoms with E-state index in [1.165, 1.54) is 44.2 Å². The molecule has 1 saturated heterocycles. The Balaban J connectivity index is 1.58. The summed E-state index contributed by atoms with van der Waals surface area (Å²) < 4.78 is 13.0. The normalized spacial score (nSPS) is 19.3. The first-order chi connectivity index (χ1) is 16.1. The van der Waals surface area contributed by atoms with E-state index in [1.54, 1.807) is 0 Å². The molecule has 4 aromatic rings. The van der Waals surface area contributed by atoms with E-state index < -0.39 is 0 Å². The average molecular weight is 446 g/mol. The smallest absolute Gasteiger partial charge is 0.399 e. The van der Waals surface area contributed by atoms with Crippen molar-refractivity contribution in [3.63, 3.8) is 0 Å². The van der Waals surface area contributed by atoms with Crippen LogP contribution in [0, 0.1) is 0 Å². The Morgan fingerprint density at radius 1 is 0.647 bits per heavy atom. The molecule has 4 aromatic carbocycles. The summed E-state index contributed by atoms with van der Waals surface area (Å²) >= 11 is 0. The molecule has 2 aliphatic rings. The number of hydrogen-bond donors (Lipinski definition) is 0. The van der Waals surface area contributed by atoms with E-state index in [-0.39, 0.29) is 23.7 Å². The summed E-state index contributed by atoms with van der Waals surface area (Å²) in [6.07, 6.45) is 0. The minimum atomic E-state index is -0.381. The molecule has 0 atom stereocenters. The van der Waals surface area contributed by atoms with Gasteiger partial charge in [-0.2, -0.15) is 0 Å². The molecule has 1 aliphatic heterocycles. The van der Waals surface area contributed by atoms with E-state index in [0.29, 0.717) is 0 Å². The highest BCUT2D eigenvalue weighted by Gasteiger charge is 2.53. The maximum absolute atomic E-state index is 6.50. The Morgan fingerprint density at radius 2 is 1.32 bits per heavy atom. The van der Waals surface area contributed by atoms with Gasteiger partial charge < -0.3 is 9.31 Å². The highest BCUT2D eigenvalue weighted by Crippen LogP contribution is 2.51. The first kappa shape index (κ1) is 21.6. The predicted molar refractivity (Wildman–Crippen MR) is 143 cm³/mol. The standard InChI is InChI=1S/C31H31BO2/c1-29(2)25-13-10-14-26(32-33-30(3,4)31(5,6)34-32)27(25)23-18-17-21-15-16-22(19-24(21)28(23)29)20-11-8-7-9-12-20/h7-19H,1-6H3. The van der Waals surface area contributed by atoms with Crippen LogP contribution in [0.3, 0.4) is 0 Å². The second-order valence-electron chi connectivity index (χ2n) is 11.3. The van der Waals surface area contributed by atoms with Crippen LogP contribution in [0.4, 0.5) is 0 Å². The van der Waals surface area contributed by atoms with E-state index in [0.717, 1.165) is 5.46 Å². The Labute approximate surface area is 203 Å². The molecule has 170 valence electrons. The van der Waals surface area contributed by atoms with Crippen LogP contribution in [0.15, 0.2) is 78.9 Å². The first-order valence-electron chi connectivity index (χ1n) is 12.2. The second kappa shape index (κ2) is 7.07. The molecule has 1 heterocycles. The number of hydrogen-bond acceptors (Lipinski definition) is 2. The van der Waals surface area contributed by atoms with Crippen molar-refractivity contribution in [1.29, 1.82) is 0 Å². The summed E-state index contributed by atoms with van der Waals surface area (Å²) in [4.78, 5) is 0. The maximum Gasteiger partial charge on any atom is 0.495 e. The lowest BCUT2D eigenvalue weighted by atomic mass is 9.73. The van der Waals surface area contributed by atoms with E-state index >= 15 is 0 Å². The zero-order valence-corrected chi connectivity index (χ0v) is 20.9. The fourth-order valence-corrected chi connectivity index (χ4v) is 5.70. The SMILES string of the molecule is CC1(C)c2cccc(B3OC(C)(C)C(C)(C)O3)c2-c2ccc3ccc(-c4ccccc4)cc3c21. The Kier molecular flexibility index (Phi) is 4.50. The summed E-state index contributed by atoms with van der Waals surface area (Å²) in [5.41, 5.74) is 8.05. The molecule has 34 heavy (non-hydrogen) atoms. The summed E-state index contributed by atoms with van der Waals surface area (Å²) in [5.74, 6) is 0. The van der Waals surface area contributed by atoms with Crippen LogP contribution in [0.25, 0.3) is 33.0 Å². The van der Waals surface area contributed by atoms with Gasteiger partial charge in [0.05, 0.1) is 11.2 Å². The lowest BCUT2D eigenvalue weighted by Crippen LogP contribution is -2.41. The predicted octanol–water partition coefficient (Wildman–Crippen LogP) is 7.11. The molecule has 6 rings (SSSR count). The molecule has 0 unspecified atom stereocenters. The van der Waals surface area contributed by atoms with Crippen molar-refractivity contribution in [3.05, 3.63) is 90.0 Å². The summed E-state index contributed by atoms with van der Waals surface area (Å²) in [6, 6.07) is 28.7. The molecule has 0 aromatic heterocycles. The van der Waals surface area contributed by atoms with Crippen LogP contribution < -0.4 is 5.46 Å². The number of rotatable bonds is 2. The van der Waals surface area contributed by atoms with Gasteiger partial charge in [-0.1, -0.05) is 86.6 Å². The van der Waals surface area contributed by atoms with Crippen LogP contribution in [0.2, 0.25) is 0 Å². The van der Waals surface area contributed by atoms with E-state index in [4.69, 9.17) is 9.31 Å². The van der Waals surface area contributed by atoms with Crippen LogP contribution in [-0.2, 0) is 14.7 Å². The van der Waals surface area contributed by atoms with Crippen molar-refractivity contribution in [2.75, 3.05) is 0 Å². The van der Waals surface area contributed by atoms with Gasteiger partial charge in [0.1, 0.15) is 0 Å². The Hall–Kier alpha value is -2.88. The fourth-order valence-electron chi connectivity index (χ4n) is 5.70.